The number of ketones is 1. The fraction of sp³-hybridized carbons (Fsp3) is 0.789. The summed E-state index contributed by atoms with van der Waals surface area (Å²) in [7, 11) is 9.53. The van der Waals surface area contributed by atoms with Gasteiger partial charge in [-0.25, -0.2) is 4.79 Å². The summed E-state index contributed by atoms with van der Waals surface area (Å²) < 4.78 is 20.3. The first-order valence-corrected chi connectivity index (χ1v) is 25.0. The lowest BCUT2D eigenvalue weighted by Crippen LogP contribution is -2.44. The Kier molecular flexibility index (Phi) is 28.3. The molecule has 0 bridgehead atoms. The van der Waals surface area contributed by atoms with Gasteiger partial charge in [-0.3, -0.25) is 33.6 Å². The van der Waals surface area contributed by atoms with Crippen molar-refractivity contribution < 1.29 is 60.2 Å². The van der Waals surface area contributed by atoms with Crippen molar-refractivity contribution in [2.75, 3.05) is 79.9 Å². The van der Waals surface area contributed by atoms with Gasteiger partial charge in [-0.2, -0.15) is 0 Å². The van der Waals surface area contributed by atoms with Gasteiger partial charge in [-0.15, -0.1) is 0 Å². The Balaban J connectivity index is 0.0000186. The SMILES string of the molecule is COCCOC(=O)CCCC(=O)N(CCC(=O)CCCCC[C@@H](C(N)=O)C1SS1)CCN(CCC(=O)NCCCC[C@@H](C(N)=O)C1SS1)C(=O)CCNC(=O)OCCOC.[HH].[HH]. The minimum atomic E-state index is -0.710. The van der Waals surface area contributed by atoms with E-state index < -0.39 is 12.1 Å². The van der Waals surface area contributed by atoms with Gasteiger partial charge in [-0.05, 0) is 32.1 Å². The van der Waals surface area contributed by atoms with Crippen LogP contribution in [0.1, 0.15) is 92.7 Å². The molecule has 0 spiro atoms. The highest BCUT2D eigenvalue weighted by Gasteiger charge is 2.38. The average Bonchev–Trinajstić information content (AvgIpc) is 4.15. The second kappa shape index (κ2) is 31.9. The Labute approximate surface area is 372 Å². The molecule has 0 aliphatic carbocycles. The van der Waals surface area contributed by atoms with Crippen LogP contribution in [0.2, 0.25) is 0 Å². The van der Waals surface area contributed by atoms with Crippen LogP contribution in [0.15, 0.2) is 0 Å². The Morgan fingerprint density at radius 2 is 1.12 bits per heavy atom. The van der Waals surface area contributed by atoms with Crippen LogP contribution in [-0.4, -0.2) is 146 Å². The van der Waals surface area contributed by atoms with E-state index >= 15 is 0 Å². The van der Waals surface area contributed by atoms with Crippen LogP contribution in [0, 0.1) is 11.8 Å². The van der Waals surface area contributed by atoms with E-state index in [0.29, 0.717) is 38.6 Å². The Bertz CT molecular complexity index is 1290. The molecular weight excluding hydrogens is 861 g/mol. The van der Waals surface area contributed by atoms with Gasteiger partial charge < -0.3 is 50.8 Å². The van der Waals surface area contributed by atoms with Gasteiger partial charge in [-0.1, -0.05) is 62.4 Å². The lowest BCUT2D eigenvalue weighted by molar-refractivity contribution is -0.145. The summed E-state index contributed by atoms with van der Waals surface area (Å²) in [6, 6.07) is 0. The molecule has 2 saturated heterocycles. The number of esters is 1. The molecular formula is C38H68N6O12S4. The molecule has 0 radical (unpaired) electrons. The highest BCUT2D eigenvalue weighted by atomic mass is 33.2. The number of amides is 6. The van der Waals surface area contributed by atoms with Gasteiger partial charge in [0.25, 0.3) is 0 Å². The van der Waals surface area contributed by atoms with E-state index in [2.05, 4.69) is 10.6 Å². The largest absolute Gasteiger partial charge is 0.463 e. The van der Waals surface area contributed by atoms with Gasteiger partial charge in [0.05, 0.1) is 34.2 Å². The van der Waals surface area contributed by atoms with Crippen molar-refractivity contribution in [2.45, 2.75) is 99.1 Å². The number of rotatable bonds is 37. The molecule has 0 aromatic heterocycles. The van der Waals surface area contributed by atoms with Gasteiger partial charge >= 0.3 is 12.1 Å². The number of alkyl carbamates (subject to hydrolysis) is 1. The van der Waals surface area contributed by atoms with Crippen LogP contribution >= 0.6 is 43.2 Å². The van der Waals surface area contributed by atoms with E-state index in [1.165, 1.54) is 24.0 Å². The van der Waals surface area contributed by atoms with Crippen molar-refractivity contribution in [3.8, 4) is 0 Å². The lowest BCUT2D eigenvalue weighted by atomic mass is 10.0. The standard InChI is InChI=1S/C38H64N6O12S4.2H2/c1-53-23-25-55-33(49)13-8-12-31(47)43(19-15-27(45)9-4-3-5-10-28(34(39)50)36-57-58-36)21-22-44(32(48)14-18-42-38(52)56-26-24-54-2)20-16-30(46)41-17-7-6-11-29(35(40)51)37-59-60-37;;/h28-29,36-37H,3-26H2,1-2H3,(H2,39,50)(H2,40,51)(H,41,46)(H,42,52);2*1H/t28-,29-;;/m0../s1. The number of nitrogens with two attached hydrogens (primary N) is 2. The third kappa shape index (κ3) is 25.1. The van der Waals surface area contributed by atoms with Crippen molar-refractivity contribution in [1.29, 1.82) is 0 Å². The van der Waals surface area contributed by atoms with E-state index in [0.717, 1.165) is 19.3 Å². The third-order valence-corrected chi connectivity index (χ3v) is 14.2. The number of nitrogens with zero attached hydrogens (tertiary/aromatic N) is 2. The van der Waals surface area contributed by atoms with E-state index in [1.54, 1.807) is 43.2 Å². The summed E-state index contributed by atoms with van der Waals surface area (Å²) in [5.41, 5.74) is 11.1. The predicted molar refractivity (Wildman–Crippen MR) is 237 cm³/mol. The normalized spacial score (nSPS) is 14.4. The number of ether oxygens (including phenoxy) is 4. The number of nitrogens with one attached hydrogen (secondary N) is 2. The highest BCUT2D eigenvalue weighted by Crippen LogP contribution is 2.58. The smallest absolute Gasteiger partial charge is 0.407 e. The first-order chi connectivity index (χ1) is 28.9. The van der Waals surface area contributed by atoms with Gasteiger partial charge in [0, 0.05) is 94.9 Å². The number of methoxy groups -OCH3 is 2. The Morgan fingerprint density at radius 1 is 0.567 bits per heavy atom. The minimum absolute atomic E-state index is 0. The molecule has 0 saturated carbocycles. The maximum atomic E-state index is 13.5. The molecule has 2 atom stereocenters. The predicted octanol–water partition coefficient (Wildman–Crippen LogP) is 3.49. The van der Waals surface area contributed by atoms with Crippen molar-refractivity contribution in [3.63, 3.8) is 0 Å². The maximum absolute atomic E-state index is 13.5. The first kappa shape index (κ1) is 53.2. The quantitative estimate of drug-likeness (QED) is 0.0301. The summed E-state index contributed by atoms with van der Waals surface area (Å²) in [5.74, 6) is -2.44. The van der Waals surface area contributed by atoms with Gasteiger partial charge in [0.15, 0.2) is 0 Å². The van der Waals surface area contributed by atoms with Crippen LogP contribution < -0.4 is 22.1 Å². The fourth-order valence-electron chi connectivity index (χ4n) is 5.96. The first-order valence-electron chi connectivity index (χ1n) is 20.5. The number of unbranched alkanes of at least 4 members (excludes halogenated alkanes) is 3. The molecule has 22 heteroatoms. The molecule has 2 rings (SSSR count). The van der Waals surface area contributed by atoms with Gasteiger partial charge in [0.2, 0.25) is 29.5 Å². The Morgan fingerprint density at radius 3 is 1.68 bits per heavy atom. The monoisotopic (exact) mass is 928 g/mol. The second-order valence-electron chi connectivity index (χ2n) is 14.3. The topological polar surface area (TPSA) is 256 Å². The van der Waals surface area contributed by atoms with Crippen LogP contribution in [0.4, 0.5) is 4.79 Å². The van der Waals surface area contributed by atoms with E-state index in [9.17, 15) is 38.4 Å². The minimum Gasteiger partial charge on any atom is -0.463 e. The molecule has 346 valence electrons. The summed E-state index contributed by atoms with van der Waals surface area (Å²) in [4.78, 5) is 103. The lowest BCUT2D eigenvalue weighted by Gasteiger charge is -2.28. The number of hydrogen-bond acceptors (Lipinski definition) is 16. The van der Waals surface area contributed by atoms with E-state index in [-0.39, 0.29) is 157 Å². The summed E-state index contributed by atoms with van der Waals surface area (Å²) in [6.07, 6.45) is 4.69. The van der Waals surface area contributed by atoms with E-state index in [4.69, 9.17) is 30.4 Å². The molecule has 60 heavy (non-hydrogen) atoms. The van der Waals surface area contributed by atoms with Crippen molar-refractivity contribution >= 4 is 90.6 Å². The van der Waals surface area contributed by atoms with E-state index in [1.807, 2.05) is 0 Å². The zero-order valence-electron chi connectivity index (χ0n) is 34.9. The summed E-state index contributed by atoms with van der Waals surface area (Å²) >= 11 is 0. The molecule has 2 aliphatic rings. The molecule has 6 N–H and O–H groups in total. The molecule has 2 fully saturated rings. The number of carbonyl (C=O) groups excluding carboxylic acids is 8. The molecule has 0 unspecified atom stereocenters. The van der Waals surface area contributed by atoms with Gasteiger partial charge in [0.1, 0.15) is 19.0 Å². The molecule has 18 nitrogen and oxygen atoms in total. The molecule has 0 aromatic rings. The van der Waals surface area contributed by atoms with Crippen LogP contribution in [0.25, 0.3) is 0 Å². The number of Topliss-reactive ketones (excluding diaryl/α,β-unsaturated/α-hetero) is 1. The fourth-order valence-corrected chi connectivity index (χ4v) is 9.70. The van der Waals surface area contributed by atoms with Crippen LogP contribution in [-0.2, 0) is 52.5 Å². The second-order valence-corrected chi connectivity index (χ2v) is 20.0. The number of hydrogen-bond donors (Lipinski definition) is 4. The third-order valence-electron chi connectivity index (χ3n) is 9.60. The zero-order chi connectivity index (χ0) is 44.1. The van der Waals surface area contributed by atoms with Crippen molar-refractivity contribution in [2.24, 2.45) is 23.3 Å². The van der Waals surface area contributed by atoms with Crippen molar-refractivity contribution in [3.05, 3.63) is 0 Å². The number of carbonyl (C=O) groups is 8. The molecule has 0 aromatic carbocycles. The van der Waals surface area contributed by atoms with Crippen LogP contribution in [0.3, 0.4) is 0 Å². The highest BCUT2D eigenvalue weighted by molar-refractivity contribution is 8.93. The summed E-state index contributed by atoms with van der Waals surface area (Å²) in [6.45, 7) is 1.22. The molecule has 2 heterocycles. The van der Waals surface area contributed by atoms with Crippen LogP contribution in [0.5, 0.6) is 0 Å². The molecule has 2 aliphatic heterocycles. The van der Waals surface area contributed by atoms with Crippen molar-refractivity contribution in [1.82, 2.24) is 20.4 Å². The Hall–Kier alpha value is -2.92. The summed E-state index contributed by atoms with van der Waals surface area (Å²) in [5, 5.41) is 5.38. The zero-order valence-corrected chi connectivity index (χ0v) is 38.1. The number of primary amides is 2. The maximum Gasteiger partial charge on any atom is 0.407 e. The molecule has 6 amide bonds. The average molecular weight is 929 g/mol.